The van der Waals surface area contributed by atoms with E-state index in [1.165, 1.54) is 0 Å². The van der Waals surface area contributed by atoms with Crippen molar-refractivity contribution in [2.24, 2.45) is 0 Å². The molecule has 2 heterocycles. The lowest BCUT2D eigenvalue weighted by Crippen LogP contribution is -2.26. The van der Waals surface area contributed by atoms with E-state index in [9.17, 15) is 5.11 Å². The summed E-state index contributed by atoms with van der Waals surface area (Å²) in [6.07, 6.45) is 0.819. The highest BCUT2D eigenvalue weighted by molar-refractivity contribution is 9.11. The Labute approximate surface area is 83.7 Å². The van der Waals surface area contributed by atoms with Crippen LogP contribution in [0.1, 0.15) is 11.3 Å². The van der Waals surface area contributed by atoms with Crippen molar-refractivity contribution in [3.05, 3.63) is 20.8 Å². The molecule has 4 heteroatoms. The molecule has 0 aromatic carbocycles. The minimum Gasteiger partial charge on any atom is -0.383 e. The molecule has 12 heavy (non-hydrogen) atoms. The van der Waals surface area contributed by atoms with Gasteiger partial charge in [0.2, 0.25) is 0 Å². The van der Waals surface area contributed by atoms with E-state index in [1.807, 2.05) is 12.1 Å². The average Bonchev–Trinajstić information content (AvgIpc) is 2.59. The SMILES string of the molecule is OC1(c2ccc(Br)s2)CCNC1. The third kappa shape index (κ3) is 1.44. The summed E-state index contributed by atoms with van der Waals surface area (Å²) in [5.74, 6) is 0. The first-order valence-corrected chi connectivity index (χ1v) is 5.51. The van der Waals surface area contributed by atoms with E-state index >= 15 is 0 Å². The second kappa shape index (κ2) is 3.10. The van der Waals surface area contributed by atoms with Crippen molar-refractivity contribution in [3.8, 4) is 0 Å². The second-order valence-corrected chi connectivity index (χ2v) is 5.53. The van der Waals surface area contributed by atoms with Crippen molar-refractivity contribution in [2.75, 3.05) is 13.1 Å². The van der Waals surface area contributed by atoms with Crippen molar-refractivity contribution in [1.82, 2.24) is 5.32 Å². The predicted molar refractivity (Wildman–Crippen MR) is 53.4 cm³/mol. The summed E-state index contributed by atoms with van der Waals surface area (Å²) in [7, 11) is 0. The highest BCUT2D eigenvalue weighted by Crippen LogP contribution is 2.34. The summed E-state index contributed by atoms with van der Waals surface area (Å²) in [5, 5.41) is 13.3. The van der Waals surface area contributed by atoms with Gasteiger partial charge in [0.05, 0.1) is 3.79 Å². The number of β-amino-alcohol motifs (C(OH)–C–C–N with tert-alkyl or cyclic N) is 1. The van der Waals surface area contributed by atoms with Gasteiger partial charge in [0, 0.05) is 11.4 Å². The molecule has 0 amide bonds. The van der Waals surface area contributed by atoms with Gasteiger partial charge in [-0.15, -0.1) is 11.3 Å². The molecule has 1 aliphatic heterocycles. The van der Waals surface area contributed by atoms with Crippen molar-refractivity contribution in [3.63, 3.8) is 0 Å². The fourth-order valence-electron chi connectivity index (χ4n) is 1.45. The molecular weight excluding hydrogens is 238 g/mol. The smallest absolute Gasteiger partial charge is 0.112 e. The van der Waals surface area contributed by atoms with Gasteiger partial charge in [-0.05, 0) is 41.0 Å². The van der Waals surface area contributed by atoms with Gasteiger partial charge in [0.15, 0.2) is 0 Å². The van der Waals surface area contributed by atoms with Gasteiger partial charge in [0.25, 0.3) is 0 Å². The molecule has 0 aliphatic carbocycles. The van der Waals surface area contributed by atoms with Gasteiger partial charge >= 0.3 is 0 Å². The normalized spacial score (nSPS) is 29.5. The molecule has 0 spiro atoms. The highest BCUT2D eigenvalue weighted by atomic mass is 79.9. The van der Waals surface area contributed by atoms with Crippen LogP contribution in [0.3, 0.4) is 0 Å². The molecule has 1 saturated heterocycles. The molecule has 2 N–H and O–H groups in total. The van der Waals surface area contributed by atoms with Gasteiger partial charge in [-0.2, -0.15) is 0 Å². The van der Waals surface area contributed by atoms with E-state index in [-0.39, 0.29) is 0 Å². The van der Waals surface area contributed by atoms with Gasteiger partial charge in [0.1, 0.15) is 5.60 Å². The summed E-state index contributed by atoms with van der Waals surface area (Å²) < 4.78 is 1.08. The van der Waals surface area contributed by atoms with Crippen LogP contribution in [0, 0.1) is 0 Å². The lowest BCUT2D eigenvalue weighted by Gasteiger charge is -2.18. The molecule has 0 bridgehead atoms. The summed E-state index contributed by atoms with van der Waals surface area (Å²) in [6.45, 7) is 1.59. The Bertz CT molecular complexity index is 280. The topological polar surface area (TPSA) is 32.3 Å². The van der Waals surface area contributed by atoms with Gasteiger partial charge in [-0.3, -0.25) is 0 Å². The summed E-state index contributed by atoms with van der Waals surface area (Å²) in [5.41, 5.74) is -0.614. The lowest BCUT2D eigenvalue weighted by molar-refractivity contribution is 0.0626. The molecule has 66 valence electrons. The van der Waals surface area contributed by atoms with E-state index in [1.54, 1.807) is 11.3 Å². The van der Waals surface area contributed by atoms with Crippen molar-refractivity contribution in [1.29, 1.82) is 0 Å². The van der Waals surface area contributed by atoms with E-state index in [4.69, 9.17) is 0 Å². The number of aliphatic hydroxyl groups is 1. The Morgan fingerprint density at radius 3 is 2.92 bits per heavy atom. The molecule has 1 aliphatic rings. The first-order valence-electron chi connectivity index (χ1n) is 3.90. The van der Waals surface area contributed by atoms with Gasteiger partial charge in [-0.25, -0.2) is 0 Å². The van der Waals surface area contributed by atoms with Crippen LogP contribution in [0.2, 0.25) is 0 Å². The monoisotopic (exact) mass is 247 g/mol. The third-order valence-electron chi connectivity index (χ3n) is 2.16. The van der Waals surface area contributed by atoms with Gasteiger partial charge < -0.3 is 10.4 Å². The molecule has 1 aromatic rings. The predicted octanol–water partition coefficient (Wildman–Crippen LogP) is 1.69. The van der Waals surface area contributed by atoms with Crippen LogP contribution in [-0.4, -0.2) is 18.2 Å². The quantitative estimate of drug-likeness (QED) is 0.792. The Morgan fingerprint density at radius 2 is 2.42 bits per heavy atom. The number of hydrogen-bond donors (Lipinski definition) is 2. The molecule has 2 rings (SSSR count). The standard InChI is InChI=1S/C8H10BrNOS/c9-7-2-1-6(12-7)8(11)3-4-10-5-8/h1-2,10-11H,3-5H2. The Kier molecular flexibility index (Phi) is 2.25. The third-order valence-corrected chi connectivity index (χ3v) is 3.98. The minimum absolute atomic E-state index is 0.614. The number of halogens is 1. The molecule has 2 nitrogen and oxygen atoms in total. The van der Waals surface area contributed by atoms with Crippen LogP contribution in [0.25, 0.3) is 0 Å². The summed E-state index contributed by atoms with van der Waals surface area (Å²) in [6, 6.07) is 3.97. The maximum absolute atomic E-state index is 10.1. The lowest BCUT2D eigenvalue weighted by atomic mass is 10.0. The summed E-state index contributed by atoms with van der Waals surface area (Å²) >= 11 is 5.00. The summed E-state index contributed by atoms with van der Waals surface area (Å²) in [4.78, 5) is 1.05. The van der Waals surface area contributed by atoms with Crippen LogP contribution >= 0.6 is 27.3 Å². The number of thiophene rings is 1. The van der Waals surface area contributed by atoms with Crippen LogP contribution in [-0.2, 0) is 5.60 Å². The number of nitrogens with one attached hydrogen (secondary N) is 1. The molecule has 1 unspecified atom stereocenters. The molecular formula is C8H10BrNOS. The van der Waals surface area contributed by atoms with E-state index in [0.29, 0.717) is 6.54 Å². The Morgan fingerprint density at radius 1 is 1.58 bits per heavy atom. The maximum Gasteiger partial charge on any atom is 0.112 e. The van der Waals surface area contributed by atoms with Crippen molar-refractivity contribution >= 4 is 27.3 Å². The zero-order valence-electron chi connectivity index (χ0n) is 6.51. The van der Waals surface area contributed by atoms with Gasteiger partial charge in [-0.1, -0.05) is 0 Å². The first-order chi connectivity index (χ1) is 5.71. The largest absolute Gasteiger partial charge is 0.383 e. The van der Waals surface area contributed by atoms with Crippen molar-refractivity contribution < 1.29 is 5.11 Å². The second-order valence-electron chi connectivity index (χ2n) is 3.06. The molecule has 1 fully saturated rings. The first kappa shape index (κ1) is 8.69. The van der Waals surface area contributed by atoms with E-state index in [2.05, 4.69) is 21.2 Å². The fraction of sp³-hybridized carbons (Fsp3) is 0.500. The Balaban J connectivity index is 2.28. The molecule has 1 atom stereocenters. The van der Waals surface area contributed by atoms with E-state index < -0.39 is 5.60 Å². The van der Waals surface area contributed by atoms with E-state index in [0.717, 1.165) is 21.6 Å². The highest BCUT2D eigenvalue weighted by Gasteiger charge is 2.34. The van der Waals surface area contributed by atoms with Crippen LogP contribution in [0.4, 0.5) is 0 Å². The average molecular weight is 248 g/mol. The van der Waals surface area contributed by atoms with Crippen LogP contribution in [0.5, 0.6) is 0 Å². The zero-order valence-corrected chi connectivity index (χ0v) is 8.91. The maximum atomic E-state index is 10.1. The Hall–Kier alpha value is 0.1000. The molecule has 1 aromatic heterocycles. The fourth-order valence-corrected chi connectivity index (χ4v) is 2.96. The number of hydrogen-bond acceptors (Lipinski definition) is 3. The van der Waals surface area contributed by atoms with Crippen LogP contribution < -0.4 is 5.32 Å². The van der Waals surface area contributed by atoms with Crippen molar-refractivity contribution in [2.45, 2.75) is 12.0 Å². The minimum atomic E-state index is -0.614. The van der Waals surface area contributed by atoms with Crippen LogP contribution in [0.15, 0.2) is 15.9 Å². The molecule has 0 saturated carbocycles. The zero-order chi connectivity index (χ0) is 8.60. The molecule has 0 radical (unpaired) electrons. The number of rotatable bonds is 1.